The molecule has 0 aliphatic carbocycles. The molecule has 2 aromatic rings. The van der Waals surface area contributed by atoms with E-state index in [1.54, 1.807) is 36.1 Å². The van der Waals surface area contributed by atoms with Crippen LogP contribution >= 0.6 is 0 Å². The number of nitrogens with zero attached hydrogens (tertiary/aromatic N) is 1. The molecule has 1 saturated heterocycles. The summed E-state index contributed by atoms with van der Waals surface area (Å²) in [5.41, 5.74) is 0.392. The van der Waals surface area contributed by atoms with E-state index >= 15 is 0 Å². The molecular formula is C21H23NO4. The molecule has 5 nitrogen and oxygen atoms in total. The fourth-order valence-corrected chi connectivity index (χ4v) is 2.93. The first-order chi connectivity index (χ1) is 12.6. The second-order valence-corrected chi connectivity index (χ2v) is 6.37. The first-order valence-electron chi connectivity index (χ1n) is 8.96. The number of para-hydroxylation sites is 1. The molecule has 0 aromatic heterocycles. The number of carbonyl (C=O) groups is 2. The molecular weight excluding hydrogens is 330 g/mol. The van der Waals surface area contributed by atoms with Crippen molar-refractivity contribution >= 4 is 11.9 Å². The molecule has 1 amide bonds. The van der Waals surface area contributed by atoms with Crippen LogP contribution in [0.2, 0.25) is 0 Å². The van der Waals surface area contributed by atoms with E-state index in [1.165, 1.54) is 0 Å². The second-order valence-electron chi connectivity index (χ2n) is 6.37. The summed E-state index contributed by atoms with van der Waals surface area (Å²) in [4.78, 5) is 26.4. The van der Waals surface area contributed by atoms with Gasteiger partial charge in [-0.15, -0.1) is 0 Å². The highest BCUT2D eigenvalue weighted by Gasteiger charge is 2.25. The quantitative estimate of drug-likeness (QED) is 0.762. The summed E-state index contributed by atoms with van der Waals surface area (Å²) < 4.78 is 11.0. The molecule has 5 heteroatoms. The van der Waals surface area contributed by atoms with Gasteiger partial charge in [-0.2, -0.15) is 0 Å². The predicted octanol–water partition coefficient (Wildman–Crippen LogP) is 4.04. The minimum absolute atomic E-state index is 0.123. The summed E-state index contributed by atoms with van der Waals surface area (Å²) in [7, 11) is 0. The van der Waals surface area contributed by atoms with Crippen molar-refractivity contribution < 1.29 is 19.1 Å². The third kappa shape index (κ3) is 4.63. The first-order valence-corrected chi connectivity index (χ1v) is 8.96. The van der Waals surface area contributed by atoms with Crippen molar-refractivity contribution in [1.82, 2.24) is 4.90 Å². The number of hydrogen-bond acceptors (Lipinski definition) is 4. The van der Waals surface area contributed by atoms with Gasteiger partial charge in [-0.1, -0.05) is 18.2 Å². The Bertz CT molecular complexity index is 736. The number of piperidine rings is 1. The zero-order chi connectivity index (χ0) is 18.4. The van der Waals surface area contributed by atoms with Crippen molar-refractivity contribution in [2.45, 2.75) is 32.3 Å². The number of esters is 1. The van der Waals surface area contributed by atoms with E-state index in [0.29, 0.717) is 11.3 Å². The molecule has 26 heavy (non-hydrogen) atoms. The number of hydrogen-bond donors (Lipinski definition) is 0. The Kier molecular flexibility index (Phi) is 5.89. The van der Waals surface area contributed by atoms with E-state index in [9.17, 15) is 9.59 Å². The normalized spacial score (nSPS) is 15.2. The van der Waals surface area contributed by atoms with Crippen LogP contribution in [0, 0.1) is 0 Å². The summed E-state index contributed by atoms with van der Waals surface area (Å²) in [6.45, 7) is 3.11. The Morgan fingerprint density at radius 3 is 2.15 bits per heavy atom. The van der Waals surface area contributed by atoms with Crippen LogP contribution in [0.5, 0.6) is 11.5 Å². The minimum Gasteiger partial charge on any atom is -0.457 e. The molecule has 1 heterocycles. The average Bonchev–Trinajstić information content (AvgIpc) is 2.69. The maximum absolute atomic E-state index is 12.4. The van der Waals surface area contributed by atoms with Gasteiger partial charge in [-0.05, 0) is 62.6 Å². The maximum atomic E-state index is 12.4. The molecule has 3 rings (SSSR count). The zero-order valence-electron chi connectivity index (χ0n) is 14.9. The van der Waals surface area contributed by atoms with Gasteiger partial charge < -0.3 is 14.4 Å². The zero-order valence-corrected chi connectivity index (χ0v) is 14.9. The largest absolute Gasteiger partial charge is 0.457 e. The van der Waals surface area contributed by atoms with E-state index in [0.717, 1.165) is 38.1 Å². The van der Waals surface area contributed by atoms with E-state index in [4.69, 9.17) is 9.47 Å². The van der Waals surface area contributed by atoms with Crippen LogP contribution < -0.4 is 4.74 Å². The molecule has 0 radical (unpaired) electrons. The fourth-order valence-electron chi connectivity index (χ4n) is 2.93. The van der Waals surface area contributed by atoms with E-state index < -0.39 is 12.1 Å². The number of carbonyl (C=O) groups excluding carboxylic acids is 2. The summed E-state index contributed by atoms with van der Waals surface area (Å²) in [6, 6.07) is 16.1. The number of rotatable bonds is 5. The fraction of sp³-hybridized carbons (Fsp3) is 0.333. The highest BCUT2D eigenvalue weighted by molar-refractivity contribution is 5.92. The van der Waals surface area contributed by atoms with Gasteiger partial charge in [-0.25, -0.2) is 4.79 Å². The van der Waals surface area contributed by atoms with Gasteiger partial charge in [0.2, 0.25) is 0 Å². The van der Waals surface area contributed by atoms with Crippen molar-refractivity contribution in [3.63, 3.8) is 0 Å². The molecule has 0 bridgehead atoms. The number of benzene rings is 2. The predicted molar refractivity (Wildman–Crippen MR) is 98.3 cm³/mol. The van der Waals surface area contributed by atoms with Gasteiger partial charge in [0.15, 0.2) is 6.10 Å². The first kappa shape index (κ1) is 18.0. The Morgan fingerprint density at radius 1 is 0.885 bits per heavy atom. The number of likely N-dealkylation sites (tertiary alicyclic amines) is 1. The van der Waals surface area contributed by atoms with Gasteiger partial charge in [0.05, 0.1) is 5.56 Å². The van der Waals surface area contributed by atoms with Gasteiger partial charge in [-0.3, -0.25) is 4.79 Å². The summed E-state index contributed by atoms with van der Waals surface area (Å²) >= 11 is 0. The van der Waals surface area contributed by atoms with Crippen molar-refractivity contribution in [3.8, 4) is 11.5 Å². The number of ether oxygens (including phenoxy) is 2. The van der Waals surface area contributed by atoms with Gasteiger partial charge >= 0.3 is 5.97 Å². The van der Waals surface area contributed by atoms with Gasteiger partial charge in [0.1, 0.15) is 11.5 Å². The minimum atomic E-state index is -0.777. The third-order valence-electron chi connectivity index (χ3n) is 4.37. The van der Waals surface area contributed by atoms with Crippen molar-refractivity contribution in [3.05, 3.63) is 60.2 Å². The highest BCUT2D eigenvalue weighted by Crippen LogP contribution is 2.21. The SMILES string of the molecule is C[C@@H](OC(=O)c1ccc(Oc2ccccc2)cc1)C(=O)N1CCCCC1. The Morgan fingerprint density at radius 2 is 1.50 bits per heavy atom. The molecule has 0 unspecified atom stereocenters. The topological polar surface area (TPSA) is 55.8 Å². The van der Waals surface area contributed by atoms with Gasteiger partial charge in [0, 0.05) is 13.1 Å². The monoisotopic (exact) mass is 353 g/mol. The standard InChI is InChI=1S/C21H23NO4/c1-16(20(23)22-14-6-3-7-15-22)25-21(24)17-10-12-19(13-11-17)26-18-8-4-2-5-9-18/h2,4-5,8-13,16H,3,6-7,14-15H2,1H3/t16-/m1/s1. The van der Waals surface area contributed by atoms with E-state index in [1.807, 2.05) is 30.3 Å². The van der Waals surface area contributed by atoms with Crippen LogP contribution in [0.15, 0.2) is 54.6 Å². The van der Waals surface area contributed by atoms with Crippen molar-refractivity contribution in [2.75, 3.05) is 13.1 Å². The Labute approximate surface area is 153 Å². The lowest BCUT2D eigenvalue weighted by molar-refractivity contribution is -0.140. The lowest BCUT2D eigenvalue weighted by atomic mass is 10.1. The Hall–Kier alpha value is -2.82. The highest BCUT2D eigenvalue weighted by atomic mass is 16.5. The summed E-state index contributed by atoms with van der Waals surface area (Å²) in [5.74, 6) is 0.727. The van der Waals surface area contributed by atoms with Crippen LogP contribution in [0.3, 0.4) is 0 Å². The summed E-state index contributed by atoms with van der Waals surface area (Å²) in [6.07, 6.45) is 2.39. The van der Waals surface area contributed by atoms with Crippen LogP contribution in [0.1, 0.15) is 36.5 Å². The van der Waals surface area contributed by atoms with E-state index in [-0.39, 0.29) is 5.91 Å². The Balaban J connectivity index is 1.56. The van der Waals surface area contributed by atoms with Crippen molar-refractivity contribution in [1.29, 1.82) is 0 Å². The molecule has 1 fully saturated rings. The molecule has 0 N–H and O–H groups in total. The molecule has 2 aromatic carbocycles. The number of amides is 1. The van der Waals surface area contributed by atoms with Crippen LogP contribution in [0.25, 0.3) is 0 Å². The molecule has 1 aliphatic rings. The van der Waals surface area contributed by atoms with Gasteiger partial charge in [0.25, 0.3) is 5.91 Å². The molecule has 0 spiro atoms. The van der Waals surface area contributed by atoms with Crippen LogP contribution in [0.4, 0.5) is 0 Å². The molecule has 1 atom stereocenters. The molecule has 136 valence electrons. The molecule has 0 saturated carbocycles. The van der Waals surface area contributed by atoms with Crippen LogP contribution in [-0.4, -0.2) is 36.0 Å². The summed E-state index contributed by atoms with van der Waals surface area (Å²) in [5, 5.41) is 0. The second kappa shape index (κ2) is 8.52. The average molecular weight is 353 g/mol. The van der Waals surface area contributed by atoms with Crippen LogP contribution in [-0.2, 0) is 9.53 Å². The van der Waals surface area contributed by atoms with Crippen molar-refractivity contribution in [2.24, 2.45) is 0 Å². The van der Waals surface area contributed by atoms with E-state index in [2.05, 4.69) is 0 Å². The lowest BCUT2D eigenvalue weighted by Crippen LogP contribution is -2.42. The smallest absolute Gasteiger partial charge is 0.338 e. The molecule has 1 aliphatic heterocycles. The third-order valence-corrected chi connectivity index (χ3v) is 4.37. The lowest BCUT2D eigenvalue weighted by Gasteiger charge is -2.28. The maximum Gasteiger partial charge on any atom is 0.338 e.